The maximum atomic E-state index is 13.8. The van der Waals surface area contributed by atoms with E-state index < -0.39 is 12.2 Å². The summed E-state index contributed by atoms with van der Waals surface area (Å²) >= 11 is 0. The van der Waals surface area contributed by atoms with Crippen LogP contribution in [0.25, 0.3) is 0 Å². The van der Waals surface area contributed by atoms with Gasteiger partial charge in [-0.2, -0.15) is 0 Å². The number of carbonyl (C=O) groups excluding carboxylic acids is 2. The predicted molar refractivity (Wildman–Crippen MR) is 167 cm³/mol. The van der Waals surface area contributed by atoms with Gasteiger partial charge in [0.15, 0.2) is 12.1 Å². The van der Waals surface area contributed by atoms with Crippen LogP contribution < -0.4 is 4.74 Å². The Labute approximate surface area is 252 Å². The first-order valence-electron chi connectivity index (χ1n) is 16.0. The number of unbranched alkanes of at least 4 members (excludes halogenated alkanes) is 1. The van der Waals surface area contributed by atoms with Crippen molar-refractivity contribution in [3.63, 3.8) is 0 Å². The minimum absolute atomic E-state index is 0.0467. The van der Waals surface area contributed by atoms with Crippen molar-refractivity contribution in [3.05, 3.63) is 52.9 Å². The number of fused-ring (bicyclic) bond motifs is 1. The van der Waals surface area contributed by atoms with E-state index in [4.69, 9.17) is 19.2 Å². The fourth-order valence-electron chi connectivity index (χ4n) is 5.54. The van der Waals surface area contributed by atoms with Crippen LogP contribution in [0, 0.1) is 11.8 Å². The van der Waals surface area contributed by atoms with Gasteiger partial charge in [-0.15, -0.1) is 0 Å². The lowest BCUT2D eigenvalue weighted by Gasteiger charge is -2.19. The molecule has 42 heavy (non-hydrogen) atoms. The minimum Gasteiger partial charge on any atom is -0.494 e. The number of aliphatic imine (C=N–C) groups is 1. The zero-order chi connectivity index (χ0) is 30.3. The van der Waals surface area contributed by atoms with Crippen LogP contribution >= 0.6 is 0 Å². The Balaban J connectivity index is 1.70. The van der Waals surface area contributed by atoms with E-state index in [-0.39, 0.29) is 24.4 Å². The molecular formula is C35H51NO6. The molecule has 3 rings (SSSR count). The van der Waals surface area contributed by atoms with E-state index >= 15 is 0 Å². The van der Waals surface area contributed by atoms with Crippen LogP contribution in [0.2, 0.25) is 0 Å². The number of ether oxygens (including phenoxy) is 3. The summed E-state index contributed by atoms with van der Waals surface area (Å²) in [6, 6.07) is 5.44. The van der Waals surface area contributed by atoms with Gasteiger partial charge in [-0.05, 0) is 82.1 Å². The lowest BCUT2D eigenvalue weighted by atomic mass is 9.87. The second kappa shape index (κ2) is 18.0. The molecule has 1 aliphatic carbocycles. The SMILES string of the molecule is CCCCC(CC)COC(O)CCCOC1=C(/C)N=C(C2CC(=O)Cc3ccc(OCC)cc3C2=O)CCCC/C=C\1. The molecule has 1 aliphatic heterocycles. The summed E-state index contributed by atoms with van der Waals surface area (Å²) in [6.45, 7) is 9.67. The largest absolute Gasteiger partial charge is 0.494 e. The summed E-state index contributed by atoms with van der Waals surface area (Å²) in [5, 5.41) is 10.3. The Morgan fingerprint density at radius 1 is 1.07 bits per heavy atom. The highest BCUT2D eigenvalue weighted by molar-refractivity contribution is 6.16. The number of carbonyl (C=O) groups is 2. The van der Waals surface area contributed by atoms with E-state index in [1.807, 2.05) is 32.1 Å². The van der Waals surface area contributed by atoms with Gasteiger partial charge in [0, 0.05) is 30.5 Å². The lowest BCUT2D eigenvalue weighted by molar-refractivity contribution is -0.118. The molecule has 232 valence electrons. The number of hydrogen-bond acceptors (Lipinski definition) is 7. The number of rotatable bonds is 15. The molecule has 3 unspecified atom stereocenters. The summed E-state index contributed by atoms with van der Waals surface area (Å²) in [5.41, 5.74) is 2.75. The smallest absolute Gasteiger partial charge is 0.172 e. The monoisotopic (exact) mass is 581 g/mol. The summed E-state index contributed by atoms with van der Waals surface area (Å²) in [7, 11) is 0. The van der Waals surface area contributed by atoms with E-state index in [1.54, 1.807) is 6.07 Å². The third-order valence-electron chi connectivity index (χ3n) is 8.11. The van der Waals surface area contributed by atoms with Gasteiger partial charge in [0.25, 0.3) is 0 Å². The Morgan fingerprint density at radius 2 is 1.90 bits per heavy atom. The predicted octanol–water partition coefficient (Wildman–Crippen LogP) is 7.55. The maximum absolute atomic E-state index is 13.8. The van der Waals surface area contributed by atoms with E-state index in [2.05, 4.69) is 19.9 Å². The summed E-state index contributed by atoms with van der Waals surface area (Å²) < 4.78 is 17.5. The van der Waals surface area contributed by atoms with Crippen molar-refractivity contribution in [1.82, 2.24) is 0 Å². The third kappa shape index (κ3) is 10.5. The molecule has 3 atom stereocenters. The summed E-state index contributed by atoms with van der Waals surface area (Å²) in [6.07, 6.45) is 12.8. The van der Waals surface area contributed by atoms with Crippen LogP contribution in [0.3, 0.4) is 0 Å². The number of aliphatic hydroxyl groups excluding tert-OH is 1. The molecule has 0 amide bonds. The Hall–Kier alpha value is -2.77. The standard InChI is InChI=1S/C35H51NO6/c1-5-8-14-26(6-2)24-42-34(38)17-13-20-41-33-16-12-10-9-11-15-32(36-25(33)4)31-22-28(37)21-27-18-19-29(40-7-3)23-30(27)35(31)39/h12,16,18-19,23,26,31,34,38H,5-11,13-15,17,20-22,24H2,1-4H3/b16-12-,33-25-,36-32?. The van der Waals surface area contributed by atoms with E-state index in [9.17, 15) is 14.7 Å². The molecule has 2 aliphatic rings. The summed E-state index contributed by atoms with van der Waals surface area (Å²) in [5.74, 6) is 1.17. The van der Waals surface area contributed by atoms with Crippen molar-refractivity contribution in [2.75, 3.05) is 19.8 Å². The van der Waals surface area contributed by atoms with E-state index in [0.29, 0.717) is 67.8 Å². The van der Waals surface area contributed by atoms with Crippen molar-refractivity contribution in [2.45, 2.75) is 111 Å². The van der Waals surface area contributed by atoms with Crippen molar-refractivity contribution >= 4 is 17.3 Å². The van der Waals surface area contributed by atoms with E-state index in [1.165, 1.54) is 12.8 Å². The second-order valence-electron chi connectivity index (χ2n) is 11.5. The molecule has 0 aromatic heterocycles. The Bertz CT molecular complexity index is 1120. The topological polar surface area (TPSA) is 94.4 Å². The van der Waals surface area contributed by atoms with Gasteiger partial charge >= 0.3 is 0 Å². The van der Waals surface area contributed by atoms with Crippen molar-refractivity contribution in [1.29, 1.82) is 0 Å². The number of Topliss-reactive ketones (excluding diaryl/α,β-unsaturated/α-hetero) is 2. The molecule has 1 heterocycles. The minimum atomic E-state index is -0.798. The molecule has 0 spiro atoms. The molecule has 1 N–H and O–H groups in total. The average Bonchev–Trinajstić information content (AvgIpc) is 3.10. The number of nitrogens with zero attached hydrogens (tertiary/aromatic N) is 1. The van der Waals surface area contributed by atoms with Crippen LogP contribution in [-0.4, -0.2) is 48.5 Å². The molecule has 0 bridgehead atoms. The van der Waals surface area contributed by atoms with Crippen LogP contribution in [0.15, 0.2) is 46.8 Å². The van der Waals surface area contributed by atoms with E-state index in [0.717, 1.165) is 43.4 Å². The molecule has 1 aromatic rings. The van der Waals surface area contributed by atoms with Crippen LogP contribution in [0.5, 0.6) is 5.75 Å². The highest BCUT2D eigenvalue weighted by Crippen LogP contribution is 2.30. The van der Waals surface area contributed by atoms with Gasteiger partial charge in [-0.25, -0.2) is 0 Å². The normalized spacial score (nSPS) is 22.0. The van der Waals surface area contributed by atoms with Gasteiger partial charge in [-0.3, -0.25) is 14.6 Å². The van der Waals surface area contributed by atoms with Gasteiger partial charge in [0.05, 0.1) is 31.4 Å². The van der Waals surface area contributed by atoms with Crippen molar-refractivity contribution in [2.24, 2.45) is 16.8 Å². The number of hydrogen-bond donors (Lipinski definition) is 1. The zero-order valence-corrected chi connectivity index (χ0v) is 26.2. The first kappa shape index (κ1) is 33.7. The first-order valence-corrected chi connectivity index (χ1v) is 16.0. The molecule has 0 radical (unpaired) electrons. The van der Waals surface area contributed by atoms with Gasteiger partial charge < -0.3 is 19.3 Å². The fourth-order valence-corrected chi connectivity index (χ4v) is 5.54. The fraction of sp³-hybridized carbons (Fsp3) is 0.629. The average molecular weight is 582 g/mol. The lowest BCUT2D eigenvalue weighted by Crippen LogP contribution is -2.26. The number of allylic oxidation sites excluding steroid dienone is 3. The zero-order valence-electron chi connectivity index (χ0n) is 26.2. The molecule has 0 saturated carbocycles. The second-order valence-corrected chi connectivity index (χ2v) is 11.5. The van der Waals surface area contributed by atoms with Crippen molar-refractivity contribution in [3.8, 4) is 5.75 Å². The Morgan fingerprint density at radius 3 is 2.67 bits per heavy atom. The van der Waals surface area contributed by atoms with Crippen LogP contribution in [-0.2, 0) is 20.7 Å². The molecule has 7 nitrogen and oxygen atoms in total. The van der Waals surface area contributed by atoms with Crippen LogP contribution in [0.4, 0.5) is 0 Å². The highest BCUT2D eigenvalue weighted by Gasteiger charge is 2.33. The molecule has 1 aromatic carbocycles. The number of aliphatic hydroxyl groups is 1. The van der Waals surface area contributed by atoms with Crippen molar-refractivity contribution < 1.29 is 28.9 Å². The molecule has 0 fully saturated rings. The van der Waals surface area contributed by atoms with Gasteiger partial charge in [0.2, 0.25) is 0 Å². The quantitative estimate of drug-likeness (QED) is 0.131. The maximum Gasteiger partial charge on any atom is 0.172 e. The van der Waals surface area contributed by atoms with Gasteiger partial charge in [0.1, 0.15) is 17.3 Å². The molecule has 0 saturated heterocycles. The highest BCUT2D eigenvalue weighted by atomic mass is 16.6. The molecule has 7 heteroatoms. The number of ketones is 2. The Kier molecular flexibility index (Phi) is 14.5. The first-order chi connectivity index (χ1) is 20.4. The third-order valence-corrected chi connectivity index (χ3v) is 8.11. The van der Waals surface area contributed by atoms with Crippen LogP contribution in [0.1, 0.15) is 114 Å². The summed E-state index contributed by atoms with van der Waals surface area (Å²) in [4.78, 5) is 31.7. The number of benzene rings is 1. The molecular weight excluding hydrogens is 530 g/mol. The van der Waals surface area contributed by atoms with Gasteiger partial charge in [-0.1, -0.05) is 45.3 Å².